The minimum Gasteiger partial charge on any atom is -0.493 e. The fourth-order valence-electron chi connectivity index (χ4n) is 2.85. The van der Waals surface area contributed by atoms with E-state index in [4.69, 9.17) is 9.47 Å². The summed E-state index contributed by atoms with van der Waals surface area (Å²) in [5, 5.41) is 2.82. The third-order valence-corrected chi connectivity index (χ3v) is 4.53. The lowest BCUT2D eigenvalue weighted by atomic mass is 10.0. The maximum atomic E-state index is 11.5. The summed E-state index contributed by atoms with van der Waals surface area (Å²) in [6.07, 6.45) is 4.74. The molecular formula is C23H31NO3. The van der Waals surface area contributed by atoms with Crippen molar-refractivity contribution in [2.24, 2.45) is 5.92 Å². The van der Waals surface area contributed by atoms with Gasteiger partial charge in [-0.05, 0) is 30.0 Å². The van der Waals surface area contributed by atoms with Crippen LogP contribution in [0.2, 0.25) is 0 Å². The molecule has 0 bridgehead atoms. The largest absolute Gasteiger partial charge is 0.493 e. The molecule has 0 aromatic heterocycles. The topological polar surface area (TPSA) is 47.6 Å². The molecule has 1 N–H and O–H groups in total. The fourth-order valence-corrected chi connectivity index (χ4v) is 2.85. The number of benzene rings is 2. The van der Waals surface area contributed by atoms with Crippen LogP contribution in [0.3, 0.4) is 0 Å². The van der Waals surface area contributed by atoms with Gasteiger partial charge in [0.05, 0.1) is 12.3 Å². The van der Waals surface area contributed by atoms with Crippen LogP contribution in [-0.2, 0) is 11.4 Å². The number of nitrogens with one attached hydrogen (secondary N) is 1. The Morgan fingerprint density at radius 2 is 1.85 bits per heavy atom. The number of hydrogen-bond acceptors (Lipinski definition) is 3. The molecule has 4 nitrogen and oxygen atoms in total. The summed E-state index contributed by atoms with van der Waals surface area (Å²) >= 11 is 0. The summed E-state index contributed by atoms with van der Waals surface area (Å²) in [7, 11) is 0. The molecule has 0 saturated carbocycles. The number of unbranched alkanes of at least 4 members (excludes halogenated alkanes) is 1. The van der Waals surface area contributed by atoms with Gasteiger partial charge in [-0.15, -0.1) is 0 Å². The van der Waals surface area contributed by atoms with Gasteiger partial charge in [-0.25, -0.2) is 0 Å². The molecule has 0 fully saturated rings. The highest BCUT2D eigenvalue weighted by Gasteiger charge is 2.11. The van der Waals surface area contributed by atoms with Crippen molar-refractivity contribution in [2.75, 3.05) is 11.9 Å². The normalized spacial score (nSPS) is 11.7. The van der Waals surface area contributed by atoms with Crippen LogP contribution < -0.4 is 14.8 Å². The van der Waals surface area contributed by atoms with Crippen molar-refractivity contribution in [3.8, 4) is 11.5 Å². The van der Waals surface area contributed by atoms with Crippen LogP contribution in [0.15, 0.2) is 48.5 Å². The number of ether oxygens (including phenoxy) is 2. The summed E-state index contributed by atoms with van der Waals surface area (Å²) in [4.78, 5) is 11.5. The zero-order valence-electron chi connectivity index (χ0n) is 16.7. The molecule has 2 rings (SSSR count). The molecule has 0 aliphatic rings. The van der Waals surface area contributed by atoms with Crippen molar-refractivity contribution >= 4 is 11.6 Å². The fraction of sp³-hybridized carbons (Fsp3) is 0.435. The van der Waals surface area contributed by atoms with E-state index in [2.05, 4.69) is 19.2 Å². The predicted octanol–water partition coefficient (Wildman–Crippen LogP) is 5.82. The first kappa shape index (κ1) is 20.8. The highest BCUT2D eigenvalue weighted by atomic mass is 16.5. The molecule has 0 aliphatic carbocycles. The molecule has 0 spiro atoms. The van der Waals surface area contributed by atoms with Gasteiger partial charge in [0.15, 0.2) is 0 Å². The standard InChI is InChI=1S/C23H31NO3/c1-4-6-10-19(5-2)16-26-21-13-14-22(24-18(3)25)23(15-21)27-17-20-11-8-7-9-12-20/h7-9,11-15,19H,4-6,10,16-17H2,1-3H3,(H,24,25). The monoisotopic (exact) mass is 369 g/mol. The van der Waals surface area contributed by atoms with Gasteiger partial charge < -0.3 is 14.8 Å². The van der Waals surface area contributed by atoms with Gasteiger partial charge >= 0.3 is 0 Å². The minimum atomic E-state index is -0.126. The Bertz CT molecular complexity index is 700. The van der Waals surface area contributed by atoms with Crippen molar-refractivity contribution in [3.05, 3.63) is 54.1 Å². The molecular weight excluding hydrogens is 338 g/mol. The molecule has 0 radical (unpaired) electrons. The van der Waals surface area contributed by atoms with E-state index in [9.17, 15) is 4.79 Å². The third-order valence-electron chi connectivity index (χ3n) is 4.53. The molecule has 146 valence electrons. The predicted molar refractivity (Wildman–Crippen MR) is 110 cm³/mol. The van der Waals surface area contributed by atoms with Gasteiger partial charge in [0.1, 0.15) is 18.1 Å². The third kappa shape index (κ3) is 7.33. The summed E-state index contributed by atoms with van der Waals surface area (Å²) in [5.74, 6) is 1.82. The molecule has 27 heavy (non-hydrogen) atoms. The molecule has 1 atom stereocenters. The van der Waals surface area contributed by atoms with Gasteiger partial charge in [0.2, 0.25) is 5.91 Å². The molecule has 2 aromatic carbocycles. The molecule has 0 heterocycles. The quantitative estimate of drug-likeness (QED) is 0.543. The number of amides is 1. The van der Waals surface area contributed by atoms with Crippen LogP contribution in [0, 0.1) is 5.92 Å². The Morgan fingerprint density at radius 1 is 1.07 bits per heavy atom. The van der Waals surface area contributed by atoms with E-state index in [1.165, 1.54) is 26.2 Å². The number of hydrogen-bond donors (Lipinski definition) is 1. The molecule has 0 aliphatic heterocycles. The highest BCUT2D eigenvalue weighted by molar-refractivity contribution is 5.90. The first-order valence-electron chi connectivity index (χ1n) is 9.83. The molecule has 1 amide bonds. The van der Waals surface area contributed by atoms with Crippen molar-refractivity contribution in [3.63, 3.8) is 0 Å². The van der Waals surface area contributed by atoms with E-state index in [0.717, 1.165) is 17.7 Å². The Morgan fingerprint density at radius 3 is 2.52 bits per heavy atom. The van der Waals surface area contributed by atoms with Crippen LogP contribution in [0.4, 0.5) is 5.69 Å². The number of carbonyl (C=O) groups is 1. The first-order valence-corrected chi connectivity index (χ1v) is 9.83. The summed E-state index contributed by atoms with van der Waals surface area (Å²) < 4.78 is 12.0. The van der Waals surface area contributed by atoms with Gasteiger partial charge in [-0.1, -0.05) is 63.4 Å². The Labute approximate surface area is 162 Å². The van der Waals surface area contributed by atoms with Crippen LogP contribution >= 0.6 is 0 Å². The van der Waals surface area contributed by atoms with Crippen molar-refractivity contribution in [2.45, 2.75) is 53.1 Å². The second-order valence-electron chi connectivity index (χ2n) is 6.84. The second kappa shape index (κ2) is 11.3. The van der Waals surface area contributed by atoms with E-state index in [-0.39, 0.29) is 5.91 Å². The van der Waals surface area contributed by atoms with Gasteiger partial charge in [0, 0.05) is 13.0 Å². The van der Waals surface area contributed by atoms with E-state index in [1.807, 2.05) is 48.5 Å². The maximum absolute atomic E-state index is 11.5. The molecule has 0 saturated heterocycles. The smallest absolute Gasteiger partial charge is 0.221 e. The van der Waals surface area contributed by atoms with E-state index >= 15 is 0 Å². The average molecular weight is 370 g/mol. The second-order valence-corrected chi connectivity index (χ2v) is 6.84. The van der Waals surface area contributed by atoms with Gasteiger partial charge in [-0.2, -0.15) is 0 Å². The van der Waals surface area contributed by atoms with Crippen LogP contribution in [0.5, 0.6) is 11.5 Å². The molecule has 1 unspecified atom stereocenters. The van der Waals surface area contributed by atoms with Crippen molar-refractivity contribution in [1.29, 1.82) is 0 Å². The zero-order chi connectivity index (χ0) is 19.5. The zero-order valence-corrected chi connectivity index (χ0v) is 16.7. The first-order chi connectivity index (χ1) is 13.1. The maximum Gasteiger partial charge on any atom is 0.221 e. The Hall–Kier alpha value is -2.49. The van der Waals surface area contributed by atoms with Gasteiger partial charge in [-0.3, -0.25) is 4.79 Å². The SMILES string of the molecule is CCCCC(CC)COc1ccc(NC(C)=O)c(OCc2ccccc2)c1. The van der Waals surface area contributed by atoms with E-state index in [1.54, 1.807) is 0 Å². The Balaban J connectivity index is 2.06. The summed E-state index contributed by atoms with van der Waals surface area (Å²) in [6, 6.07) is 15.5. The van der Waals surface area contributed by atoms with Crippen LogP contribution in [0.1, 0.15) is 52.0 Å². The lowest BCUT2D eigenvalue weighted by Crippen LogP contribution is -2.12. The molecule has 4 heteroatoms. The summed E-state index contributed by atoms with van der Waals surface area (Å²) in [6.45, 7) is 7.05. The number of rotatable bonds is 11. The number of carbonyl (C=O) groups excluding carboxylic acids is 1. The van der Waals surface area contributed by atoms with Crippen LogP contribution in [0.25, 0.3) is 0 Å². The van der Waals surface area contributed by atoms with Crippen molar-refractivity contribution in [1.82, 2.24) is 0 Å². The lowest BCUT2D eigenvalue weighted by Gasteiger charge is -2.17. The minimum absolute atomic E-state index is 0.126. The van der Waals surface area contributed by atoms with Crippen molar-refractivity contribution < 1.29 is 14.3 Å². The molecule has 2 aromatic rings. The number of anilines is 1. The van der Waals surface area contributed by atoms with E-state index in [0.29, 0.717) is 30.6 Å². The highest BCUT2D eigenvalue weighted by Crippen LogP contribution is 2.31. The Kier molecular flexibility index (Phi) is 8.69. The average Bonchev–Trinajstić information content (AvgIpc) is 2.68. The summed E-state index contributed by atoms with van der Waals surface area (Å²) in [5.41, 5.74) is 1.73. The van der Waals surface area contributed by atoms with Crippen LogP contribution in [-0.4, -0.2) is 12.5 Å². The van der Waals surface area contributed by atoms with E-state index < -0.39 is 0 Å². The lowest BCUT2D eigenvalue weighted by molar-refractivity contribution is -0.114. The van der Waals surface area contributed by atoms with Gasteiger partial charge in [0.25, 0.3) is 0 Å².